The van der Waals surface area contributed by atoms with E-state index in [1.807, 2.05) is 6.92 Å². The molecule has 0 aromatic heterocycles. The van der Waals surface area contributed by atoms with Crippen LogP contribution in [-0.2, 0) is 14.4 Å². The minimum absolute atomic E-state index is 0.0698. The molecule has 154 valence electrons. The van der Waals surface area contributed by atoms with Crippen molar-refractivity contribution in [3.05, 3.63) is 53.3 Å². The second kappa shape index (κ2) is 10.5. The number of anilines is 3. The van der Waals surface area contributed by atoms with Gasteiger partial charge in [-0.2, -0.15) is 0 Å². The maximum atomic E-state index is 13.2. The van der Waals surface area contributed by atoms with Crippen LogP contribution < -0.4 is 20.9 Å². The highest BCUT2D eigenvalue weighted by atomic mass is 35.5. The zero-order chi connectivity index (χ0) is 21.4. The van der Waals surface area contributed by atoms with Gasteiger partial charge in [-0.3, -0.25) is 14.4 Å². The molecular formula is C20H23ClFN4O3+. The van der Waals surface area contributed by atoms with Gasteiger partial charge in [0, 0.05) is 24.0 Å². The number of hydrogen-bond donors (Lipinski definition) is 4. The first kappa shape index (κ1) is 22.3. The van der Waals surface area contributed by atoms with Gasteiger partial charge >= 0.3 is 0 Å². The molecule has 0 saturated heterocycles. The third kappa shape index (κ3) is 7.52. The van der Waals surface area contributed by atoms with Crippen LogP contribution in [0.2, 0.25) is 5.02 Å². The standard InChI is InChI=1S/C20H22ClFN4O3/c1-3-26(12-20(29)25-16-8-9-18(22)17(21)10-16)11-19(28)24-15-6-4-14(5-7-15)23-13(2)27/h4-10H,3,11-12H2,1-2H3,(H,23,27)(H,24,28)(H,25,29)/p+1. The Morgan fingerprint density at radius 2 is 1.38 bits per heavy atom. The molecule has 2 aromatic rings. The second-order valence-corrected chi connectivity index (χ2v) is 6.85. The number of carbonyl (C=O) groups is 3. The summed E-state index contributed by atoms with van der Waals surface area (Å²) in [5.74, 6) is -1.29. The van der Waals surface area contributed by atoms with Gasteiger partial charge in [0.25, 0.3) is 11.8 Å². The number of likely N-dealkylation sites (N-methyl/N-ethyl adjacent to an activating group) is 1. The minimum Gasteiger partial charge on any atom is -0.326 e. The number of quaternary nitrogens is 1. The van der Waals surface area contributed by atoms with E-state index in [-0.39, 0.29) is 35.8 Å². The van der Waals surface area contributed by atoms with Gasteiger partial charge in [-0.1, -0.05) is 11.6 Å². The quantitative estimate of drug-likeness (QED) is 0.524. The van der Waals surface area contributed by atoms with Crippen LogP contribution in [-0.4, -0.2) is 37.4 Å². The van der Waals surface area contributed by atoms with Gasteiger partial charge in [-0.15, -0.1) is 0 Å². The number of rotatable bonds is 8. The monoisotopic (exact) mass is 421 g/mol. The van der Waals surface area contributed by atoms with Crippen molar-refractivity contribution in [1.29, 1.82) is 0 Å². The molecule has 0 fully saturated rings. The molecule has 0 bridgehead atoms. The van der Waals surface area contributed by atoms with E-state index < -0.39 is 5.82 Å². The molecule has 9 heteroatoms. The van der Waals surface area contributed by atoms with Crippen molar-refractivity contribution in [3.8, 4) is 0 Å². The topological polar surface area (TPSA) is 91.7 Å². The van der Waals surface area contributed by atoms with Crippen molar-refractivity contribution in [2.45, 2.75) is 13.8 Å². The maximum absolute atomic E-state index is 13.2. The third-order valence-electron chi connectivity index (χ3n) is 4.01. The molecule has 0 spiro atoms. The summed E-state index contributed by atoms with van der Waals surface area (Å²) in [7, 11) is 0. The Bertz CT molecular complexity index is 890. The first-order valence-electron chi connectivity index (χ1n) is 9.02. The van der Waals surface area contributed by atoms with E-state index in [2.05, 4.69) is 16.0 Å². The average molecular weight is 422 g/mol. The largest absolute Gasteiger partial charge is 0.326 e. The van der Waals surface area contributed by atoms with Gasteiger partial charge in [-0.25, -0.2) is 4.39 Å². The summed E-state index contributed by atoms with van der Waals surface area (Å²) in [6.07, 6.45) is 0. The van der Waals surface area contributed by atoms with Gasteiger partial charge in [-0.05, 0) is 49.4 Å². The van der Waals surface area contributed by atoms with E-state index in [1.54, 1.807) is 24.3 Å². The van der Waals surface area contributed by atoms with E-state index in [4.69, 9.17) is 11.6 Å². The SMILES string of the molecule is CC[NH+](CC(=O)Nc1ccc(NC(C)=O)cc1)CC(=O)Nc1ccc(F)c(Cl)c1. The van der Waals surface area contributed by atoms with Crippen molar-refractivity contribution in [2.24, 2.45) is 0 Å². The van der Waals surface area contributed by atoms with E-state index >= 15 is 0 Å². The summed E-state index contributed by atoms with van der Waals surface area (Å²) >= 11 is 5.71. The lowest BCUT2D eigenvalue weighted by atomic mass is 10.2. The second-order valence-electron chi connectivity index (χ2n) is 6.44. The maximum Gasteiger partial charge on any atom is 0.279 e. The average Bonchev–Trinajstić information content (AvgIpc) is 2.65. The first-order valence-corrected chi connectivity index (χ1v) is 9.40. The van der Waals surface area contributed by atoms with Crippen molar-refractivity contribution < 1.29 is 23.7 Å². The fourth-order valence-corrected chi connectivity index (χ4v) is 2.77. The van der Waals surface area contributed by atoms with E-state index in [0.29, 0.717) is 23.6 Å². The number of amides is 3. The van der Waals surface area contributed by atoms with Crippen molar-refractivity contribution >= 4 is 46.4 Å². The number of hydrogen-bond acceptors (Lipinski definition) is 3. The summed E-state index contributed by atoms with van der Waals surface area (Å²) in [4.78, 5) is 36.3. The molecule has 29 heavy (non-hydrogen) atoms. The summed E-state index contributed by atoms with van der Waals surface area (Å²) in [5.41, 5.74) is 1.61. The molecule has 0 saturated carbocycles. The molecule has 0 aliphatic carbocycles. The highest BCUT2D eigenvalue weighted by Gasteiger charge is 2.17. The minimum atomic E-state index is -0.563. The molecule has 7 nitrogen and oxygen atoms in total. The summed E-state index contributed by atoms with van der Waals surface area (Å²) in [5, 5.41) is 7.97. The Balaban J connectivity index is 1.86. The Labute approximate surface area is 173 Å². The van der Waals surface area contributed by atoms with Crippen molar-refractivity contribution in [3.63, 3.8) is 0 Å². The molecule has 0 aliphatic heterocycles. The molecular weight excluding hydrogens is 399 g/mol. The van der Waals surface area contributed by atoms with Gasteiger partial charge in [0.1, 0.15) is 5.82 Å². The molecule has 2 rings (SSSR count). The van der Waals surface area contributed by atoms with Crippen molar-refractivity contribution in [2.75, 3.05) is 35.6 Å². The van der Waals surface area contributed by atoms with Crippen LogP contribution in [0.4, 0.5) is 21.5 Å². The molecule has 4 N–H and O–H groups in total. The van der Waals surface area contributed by atoms with E-state index in [9.17, 15) is 18.8 Å². The highest BCUT2D eigenvalue weighted by molar-refractivity contribution is 6.31. The highest BCUT2D eigenvalue weighted by Crippen LogP contribution is 2.19. The van der Waals surface area contributed by atoms with Crippen LogP contribution in [0.3, 0.4) is 0 Å². The lowest BCUT2D eigenvalue weighted by molar-refractivity contribution is -0.881. The van der Waals surface area contributed by atoms with Crippen LogP contribution in [0.1, 0.15) is 13.8 Å². The fourth-order valence-electron chi connectivity index (χ4n) is 2.59. The molecule has 2 aromatic carbocycles. The predicted octanol–water partition coefficient (Wildman–Crippen LogP) is 1.92. The zero-order valence-electron chi connectivity index (χ0n) is 16.1. The van der Waals surface area contributed by atoms with Gasteiger partial charge in [0.05, 0.1) is 11.6 Å². The van der Waals surface area contributed by atoms with Gasteiger partial charge in [0.2, 0.25) is 5.91 Å². The smallest absolute Gasteiger partial charge is 0.279 e. The normalized spacial score (nSPS) is 11.4. The van der Waals surface area contributed by atoms with Gasteiger partial charge in [0.15, 0.2) is 13.1 Å². The summed E-state index contributed by atoms with van der Waals surface area (Å²) in [6.45, 7) is 4.01. The lowest BCUT2D eigenvalue weighted by Gasteiger charge is -2.17. The number of halogens is 2. The lowest BCUT2D eigenvalue weighted by Crippen LogP contribution is -3.13. The Hall–Kier alpha value is -2.97. The van der Waals surface area contributed by atoms with Crippen LogP contribution in [0.15, 0.2) is 42.5 Å². The zero-order valence-corrected chi connectivity index (χ0v) is 16.9. The summed E-state index contributed by atoms with van der Waals surface area (Å²) in [6, 6.07) is 10.7. The van der Waals surface area contributed by atoms with Crippen LogP contribution in [0, 0.1) is 5.82 Å². The molecule has 0 aliphatic rings. The molecule has 1 atom stereocenters. The van der Waals surface area contributed by atoms with Crippen LogP contribution in [0.5, 0.6) is 0 Å². The number of benzene rings is 2. The molecule has 3 amide bonds. The fraction of sp³-hybridized carbons (Fsp3) is 0.250. The third-order valence-corrected chi connectivity index (χ3v) is 4.30. The van der Waals surface area contributed by atoms with Gasteiger partial charge < -0.3 is 20.9 Å². The summed E-state index contributed by atoms with van der Waals surface area (Å²) < 4.78 is 13.2. The predicted molar refractivity (Wildman–Crippen MR) is 111 cm³/mol. The van der Waals surface area contributed by atoms with E-state index in [0.717, 1.165) is 4.90 Å². The number of nitrogens with one attached hydrogen (secondary N) is 4. The van der Waals surface area contributed by atoms with Crippen LogP contribution >= 0.6 is 11.6 Å². The Morgan fingerprint density at radius 3 is 1.86 bits per heavy atom. The molecule has 0 radical (unpaired) electrons. The molecule has 0 heterocycles. The van der Waals surface area contributed by atoms with Crippen LogP contribution in [0.25, 0.3) is 0 Å². The Kier molecular flexibility index (Phi) is 8.11. The Morgan fingerprint density at radius 1 is 0.897 bits per heavy atom. The molecule has 1 unspecified atom stereocenters. The van der Waals surface area contributed by atoms with Crippen molar-refractivity contribution in [1.82, 2.24) is 0 Å². The first-order chi connectivity index (χ1) is 13.8. The van der Waals surface area contributed by atoms with E-state index in [1.165, 1.54) is 25.1 Å². The number of carbonyl (C=O) groups excluding carboxylic acids is 3.